The molecule has 11 heteroatoms. The van der Waals surface area contributed by atoms with Crippen LogP contribution >= 0.6 is 31.9 Å². The predicted octanol–water partition coefficient (Wildman–Crippen LogP) is 6.19. The monoisotopic (exact) mass is 680 g/mol. The molecule has 41 heavy (non-hydrogen) atoms. The largest absolute Gasteiger partial charge is 0.497 e. The van der Waals surface area contributed by atoms with Crippen LogP contribution in [0.15, 0.2) is 105 Å². The molecule has 1 N–H and O–H groups in total. The standard InChI is InChI=1S/C30H22Br2N2O7/c1-38-22-15-23(31)28(24(32)16-22)39-18-27(35)34-33-17-19-12-13-25(40-29(36)20-8-4-2-5-9-20)26(14-19)41-30(37)21-10-6-3-7-11-21/h2-17H,18H2,1H3,(H,34,35). The molecule has 1 amide bonds. The van der Waals surface area contributed by atoms with Gasteiger partial charge in [0.15, 0.2) is 18.1 Å². The number of esters is 2. The molecular formula is C30H22Br2N2O7. The fourth-order valence-electron chi connectivity index (χ4n) is 3.38. The molecule has 0 aliphatic carbocycles. The average molecular weight is 682 g/mol. The van der Waals surface area contributed by atoms with E-state index in [-0.39, 0.29) is 18.1 Å². The minimum Gasteiger partial charge on any atom is -0.497 e. The van der Waals surface area contributed by atoms with Crippen LogP contribution in [0.5, 0.6) is 23.0 Å². The number of nitrogens with zero attached hydrogens (tertiary/aromatic N) is 1. The van der Waals surface area contributed by atoms with E-state index in [0.717, 1.165) is 0 Å². The molecule has 0 heterocycles. The van der Waals surface area contributed by atoms with Gasteiger partial charge in [-0.15, -0.1) is 0 Å². The average Bonchev–Trinajstić information content (AvgIpc) is 2.98. The summed E-state index contributed by atoms with van der Waals surface area (Å²) in [5.74, 6) is -0.705. The lowest BCUT2D eigenvalue weighted by Gasteiger charge is -2.12. The maximum atomic E-state index is 12.7. The summed E-state index contributed by atoms with van der Waals surface area (Å²) in [6, 6.07) is 24.7. The van der Waals surface area contributed by atoms with Crippen molar-refractivity contribution in [1.29, 1.82) is 0 Å². The van der Waals surface area contributed by atoms with Crippen LogP contribution in [0.25, 0.3) is 0 Å². The minimum atomic E-state index is -0.641. The van der Waals surface area contributed by atoms with Crippen molar-refractivity contribution in [3.8, 4) is 23.0 Å². The Morgan fingerprint density at radius 1 is 0.780 bits per heavy atom. The summed E-state index contributed by atoms with van der Waals surface area (Å²) in [6.07, 6.45) is 1.35. The van der Waals surface area contributed by atoms with Crippen LogP contribution in [0.1, 0.15) is 26.3 Å². The number of ether oxygens (including phenoxy) is 4. The predicted molar refractivity (Wildman–Crippen MR) is 159 cm³/mol. The topological polar surface area (TPSA) is 113 Å². The molecule has 0 unspecified atom stereocenters. The van der Waals surface area contributed by atoms with Crippen molar-refractivity contribution in [2.75, 3.05) is 13.7 Å². The number of methoxy groups -OCH3 is 1. The molecule has 0 bridgehead atoms. The van der Waals surface area contributed by atoms with E-state index in [1.165, 1.54) is 18.3 Å². The summed E-state index contributed by atoms with van der Waals surface area (Å²) in [4.78, 5) is 37.7. The Hall–Kier alpha value is -4.48. The Bertz CT molecular complexity index is 1560. The molecule has 0 saturated heterocycles. The SMILES string of the molecule is COc1cc(Br)c(OCC(=O)NN=Cc2ccc(OC(=O)c3ccccc3)c(OC(=O)c3ccccc3)c2)c(Br)c1. The molecule has 0 atom stereocenters. The van der Waals surface area contributed by atoms with Gasteiger partial charge in [-0.3, -0.25) is 4.79 Å². The first-order valence-electron chi connectivity index (χ1n) is 12.0. The van der Waals surface area contributed by atoms with E-state index in [1.807, 2.05) is 0 Å². The molecule has 208 valence electrons. The van der Waals surface area contributed by atoms with Crippen molar-refractivity contribution in [2.24, 2.45) is 5.10 Å². The number of rotatable bonds is 10. The van der Waals surface area contributed by atoms with Crippen molar-refractivity contribution >= 4 is 55.9 Å². The maximum Gasteiger partial charge on any atom is 0.343 e. The number of amides is 1. The third kappa shape index (κ3) is 8.26. The molecule has 0 spiro atoms. The highest BCUT2D eigenvalue weighted by molar-refractivity contribution is 9.11. The summed E-state index contributed by atoms with van der Waals surface area (Å²) in [5, 5.41) is 3.95. The van der Waals surface area contributed by atoms with Gasteiger partial charge in [-0.2, -0.15) is 5.10 Å². The number of carbonyl (C=O) groups is 3. The van der Waals surface area contributed by atoms with Gasteiger partial charge in [0.05, 0.1) is 33.4 Å². The third-order valence-electron chi connectivity index (χ3n) is 5.35. The lowest BCUT2D eigenvalue weighted by atomic mass is 10.2. The molecule has 0 aliphatic rings. The van der Waals surface area contributed by atoms with Crippen molar-refractivity contribution < 1.29 is 33.3 Å². The zero-order valence-corrected chi connectivity index (χ0v) is 24.7. The van der Waals surface area contributed by atoms with Crippen molar-refractivity contribution in [1.82, 2.24) is 5.43 Å². The van der Waals surface area contributed by atoms with E-state index in [9.17, 15) is 14.4 Å². The molecule has 4 aromatic carbocycles. The van der Waals surface area contributed by atoms with Crippen LogP contribution in [-0.2, 0) is 4.79 Å². The van der Waals surface area contributed by atoms with Crippen LogP contribution in [0.3, 0.4) is 0 Å². The fraction of sp³-hybridized carbons (Fsp3) is 0.0667. The number of nitrogens with one attached hydrogen (secondary N) is 1. The van der Waals surface area contributed by atoms with E-state index in [1.54, 1.807) is 86.0 Å². The smallest absolute Gasteiger partial charge is 0.343 e. The summed E-state index contributed by atoms with van der Waals surface area (Å²) >= 11 is 6.76. The van der Waals surface area contributed by atoms with E-state index in [0.29, 0.717) is 37.1 Å². The summed E-state index contributed by atoms with van der Waals surface area (Å²) < 4.78 is 23.0. The van der Waals surface area contributed by atoms with Gasteiger partial charge in [-0.1, -0.05) is 36.4 Å². The zero-order chi connectivity index (χ0) is 29.2. The van der Waals surface area contributed by atoms with E-state index in [2.05, 4.69) is 42.4 Å². The molecule has 9 nitrogen and oxygen atoms in total. The molecule has 0 aromatic heterocycles. The van der Waals surface area contributed by atoms with E-state index in [4.69, 9.17) is 18.9 Å². The van der Waals surface area contributed by atoms with Gasteiger partial charge in [0.1, 0.15) is 11.5 Å². The van der Waals surface area contributed by atoms with E-state index >= 15 is 0 Å². The number of hydrogen-bond acceptors (Lipinski definition) is 8. The second-order valence-electron chi connectivity index (χ2n) is 8.22. The Kier molecular flexibility index (Phi) is 10.2. The Morgan fingerprint density at radius 2 is 1.34 bits per heavy atom. The van der Waals surface area contributed by atoms with Gasteiger partial charge in [0.25, 0.3) is 5.91 Å². The van der Waals surface area contributed by atoms with Gasteiger partial charge >= 0.3 is 11.9 Å². The Labute approximate surface area is 252 Å². The quantitative estimate of drug-likeness (QED) is 0.0920. The Balaban J connectivity index is 1.45. The van der Waals surface area contributed by atoms with Crippen molar-refractivity contribution in [3.63, 3.8) is 0 Å². The number of halogens is 2. The summed E-state index contributed by atoms with van der Waals surface area (Å²) in [7, 11) is 1.54. The summed E-state index contributed by atoms with van der Waals surface area (Å²) in [5.41, 5.74) is 3.48. The molecular weight excluding hydrogens is 660 g/mol. The zero-order valence-electron chi connectivity index (χ0n) is 21.5. The van der Waals surface area contributed by atoms with Gasteiger partial charge in [0, 0.05) is 0 Å². The van der Waals surface area contributed by atoms with Crippen LogP contribution in [0.2, 0.25) is 0 Å². The number of hydrazone groups is 1. The highest BCUT2D eigenvalue weighted by atomic mass is 79.9. The van der Waals surface area contributed by atoms with Gasteiger partial charge in [0.2, 0.25) is 0 Å². The first kappa shape index (κ1) is 29.5. The second-order valence-corrected chi connectivity index (χ2v) is 9.93. The maximum absolute atomic E-state index is 12.7. The van der Waals surface area contributed by atoms with Crippen LogP contribution < -0.4 is 24.4 Å². The normalized spacial score (nSPS) is 10.6. The first-order chi connectivity index (χ1) is 19.8. The molecule has 4 aromatic rings. The molecule has 0 saturated carbocycles. The second kappa shape index (κ2) is 14.2. The van der Waals surface area contributed by atoms with Crippen LogP contribution in [-0.4, -0.2) is 37.8 Å². The fourth-order valence-corrected chi connectivity index (χ4v) is 4.75. The van der Waals surface area contributed by atoms with Gasteiger partial charge in [-0.05, 0) is 92.0 Å². The van der Waals surface area contributed by atoms with E-state index < -0.39 is 17.8 Å². The highest BCUT2D eigenvalue weighted by Crippen LogP contribution is 2.37. The van der Waals surface area contributed by atoms with Crippen molar-refractivity contribution in [2.45, 2.75) is 0 Å². The lowest BCUT2D eigenvalue weighted by Crippen LogP contribution is -2.24. The van der Waals surface area contributed by atoms with Crippen LogP contribution in [0, 0.1) is 0 Å². The van der Waals surface area contributed by atoms with Crippen molar-refractivity contribution in [3.05, 3.63) is 117 Å². The lowest BCUT2D eigenvalue weighted by molar-refractivity contribution is -0.123. The number of benzene rings is 4. The summed E-state index contributed by atoms with van der Waals surface area (Å²) in [6.45, 7) is -0.310. The van der Waals surface area contributed by atoms with Crippen LogP contribution in [0.4, 0.5) is 0 Å². The molecule has 0 radical (unpaired) electrons. The number of carbonyl (C=O) groups excluding carboxylic acids is 3. The molecule has 4 rings (SSSR count). The van der Waals surface area contributed by atoms with Gasteiger partial charge in [-0.25, -0.2) is 15.0 Å². The third-order valence-corrected chi connectivity index (χ3v) is 6.53. The number of hydrogen-bond donors (Lipinski definition) is 1. The molecule has 0 aliphatic heterocycles. The minimum absolute atomic E-state index is 0.00375. The first-order valence-corrected chi connectivity index (χ1v) is 13.6. The highest BCUT2D eigenvalue weighted by Gasteiger charge is 2.17. The Morgan fingerprint density at radius 3 is 1.90 bits per heavy atom. The van der Waals surface area contributed by atoms with Gasteiger partial charge < -0.3 is 18.9 Å². The molecule has 0 fully saturated rings.